The molecule has 4 N–H and O–H groups in total. The maximum atomic E-state index is 14.7. The standard InChI is InChI=1S/C43H46FN11O6/c1-60-33-3-2-4-34(37(33)44)61-30-12-7-25(8-13-30)38-36-39(45)47-24-48-40(36)55(51-38)27-9-5-26(6-10-27)43(59)53-19-17-52(18-20-53)29-22-54(23-29)28-11-14-31(46-21-28)41(57)49-32-15-16-35(56)50-42(32)58/h2-4,7-8,11-14,21,24,26-27,29,32H,5-6,9-10,15-20,22-23H2,1H3,(H,49,57)(H2,45,47,48)(H,50,56,58). The smallest absolute Gasteiger partial charge is 0.270 e. The minimum atomic E-state index is -0.754. The fraction of sp³-hybridized carbons (Fsp3) is 0.395. The zero-order chi connectivity index (χ0) is 42.2. The number of benzene rings is 2. The maximum absolute atomic E-state index is 14.7. The van der Waals surface area contributed by atoms with Crippen LogP contribution >= 0.6 is 0 Å². The first-order chi connectivity index (χ1) is 29.6. The molecule has 6 heterocycles. The second kappa shape index (κ2) is 16.8. The van der Waals surface area contributed by atoms with Crippen LogP contribution in [0.3, 0.4) is 0 Å². The molecule has 2 aromatic carbocycles. The number of methoxy groups -OCH3 is 1. The Morgan fingerprint density at radius 1 is 0.885 bits per heavy atom. The Kier molecular flexibility index (Phi) is 10.9. The number of carbonyl (C=O) groups is 4. The van der Waals surface area contributed by atoms with Gasteiger partial charge in [-0.25, -0.2) is 19.6 Å². The molecule has 1 unspecified atom stereocenters. The zero-order valence-corrected chi connectivity index (χ0v) is 33.6. The average Bonchev–Trinajstić information content (AvgIpc) is 3.66. The first-order valence-corrected chi connectivity index (χ1v) is 20.6. The maximum Gasteiger partial charge on any atom is 0.270 e. The molecule has 4 amide bonds. The summed E-state index contributed by atoms with van der Waals surface area (Å²) in [6, 6.07) is 15.1. The predicted molar refractivity (Wildman–Crippen MR) is 221 cm³/mol. The number of piperidine rings is 1. The van der Waals surface area contributed by atoms with E-state index in [0.717, 1.165) is 63.1 Å². The van der Waals surface area contributed by atoms with E-state index in [0.29, 0.717) is 47.4 Å². The number of nitrogens with two attached hydrogens (primary N) is 1. The number of amides is 4. The topological polar surface area (TPSA) is 203 Å². The molecule has 18 heteroatoms. The van der Waals surface area contributed by atoms with Crippen molar-refractivity contribution in [2.45, 2.75) is 56.7 Å². The van der Waals surface area contributed by atoms with Gasteiger partial charge in [0.15, 0.2) is 17.1 Å². The first-order valence-electron chi connectivity index (χ1n) is 20.6. The predicted octanol–water partition coefficient (Wildman–Crippen LogP) is 3.71. The summed E-state index contributed by atoms with van der Waals surface area (Å²) in [5.74, 6) is -0.791. The number of hydrogen-bond acceptors (Lipinski definition) is 13. The van der Waals surface area contributed by atoms with Crippen molar-refractivity contribution in [1.82, 2.24) is 45.2 Å². The third kappa shape index (κ3) is 8.02. The summed E-state index contributed by atoms with van der Waals surface area (Å²) in [7, 11) is 1.40. The summed E-state index contributed by atoms with van der Waals surface area (Å²) >= 11 is 0. The van der Waals surface area contributed by atoms with Crippen LogP contribution in [0.1, 0.15) is 55.1 Å². The van der Waals surface area contributed by atoms with E-state index in [1.807, 2.05) is 27.8 Å². The van der Waals surface area contributed by atoms with Crippen LogP contribution in [0.4, 0.5) is 15.9 Å². The Labute approximate surface area is 350 Å². The van der Waals surface area contributed by atoms with Crippen LogP contribution in [0.5, 0.6) is 17.2 Å². The molecule has 5 aromatic rings. The van der Waals surface area contributed by atoms with Crippen LogP contribution in [0.2, 0.25) is 0 Å². The van der Waals surface area contributed by atoms with Gasteiger partial charge in [-0.05, 0) is 80.6 Å². The molecule has 1 saturated carbocycles. The Hall–Kier alpha value is -6.69. The summed E-state index contributed by atoms with van der Waals surface area (Å²) < 4.78 is 27.5. The molecule has 4 aliphatic rings. The SMILES string of the molecule is COc1cccc(Oc2ccc(-c3nn(C4CCC(C(=O)N5CCN(C6CN(c7ccc(C(=O)NC8CCC(=O)NC8=O)nc7)C6)CC5)CC4)c4ncnc(N)c34)cc2)c1F. The molecular weight excluding hydrogens is 786 g/mol. The van der Waals surface area contributed by atoms with E-state index in [2.05, 4.69) is 35.4 Å². The number of hydrogen-bond donors (Lipinski definition) is 3. The van der Waals surface area contributed by atoms with Gasteiger partial charge in [-0.1, -0.05) is 6.07 Å². The number of carbonyl (C=O) groups excluding carboxylic acids is 4. The molecule has 3 aliphatic heterocycles. The van der Waals surface area contributed by atoms with Crippen LogP contribution < -0.4 is 30.7 Å². The number of aromatic nitrogens is 5. The van der Waals surface area contributed by atoms with Gasteiger partial charge in [0.2, 0.25) is 23.5 Å². The lowest BCUT2D eigenvalue weighted by atomic mass is 9.85. The Morgan fingerprint density at radius 2 is 1.64 bits per heavy atom. The van der Waals surface area contributed by atoms with Crippen molar-refractivity contribution < 1.29 is 33.0 Å². The number of rotatable bonds is 10. The molecule has 0 bridgehead atoms. The second-order valence-corrected chi connectivity index (χ2v) is 16.0. The van der Waals surface area contributed by atoms with Gasteiger partial charge in [0.25, 0.3) is 5.91 Å². The van der Waals surface area contributed by atoms with E-state index in [4.69, 9.17) is 20.3 Å². The highest BCUT2D eigenvalue weighted by molar-refractivity contribution is 6.03. The Balaban J connectivity index is 0.758. The van der Waals surface area contributed by atoms with Gasteiger partial charge in [0.05, 0.1) is 30.4 Å². The number of nitrogen functional groups attached to an aromatic ring is 1. The summed E-state index contributed by atoms with van der Waals surface area (Å²) in [6.07, 6.45) is 6.60. The molecule has 0 spiro atoms. The molecule has 316 valence electrons. The highest BCUT2D eigenvalue weighted by Gasteiger charge is 2.37. The fourth-order valence-electron chi connectivity index (χ4n) is 8.79. The molecular formula is C43H46FN11O6. The normalized spacial score (nSPS) is 21.2. The lowest BCUT2D eigenvalue weighted by Crippen LogP contribution is -2.63. The van der Waals surface area contributed by atoms with Crippen molar-refractivity contribution in [1.29, 1.82) is 0 Å². The quantitative estimate of drug-likeness (QED) is 0.172. The molecule has 1 atom stereocenters. The Bertz CT molecular complexity index is 2460. The summed E-state index contributed by atoms with van der Waals surface area (Å²) in [5, 5.41) is 10.6. The van der Waals surface area contributed by atoms with Crippen molar-refractivity contribution in [2.75, 3.05) is 57.0 Å². The average molecular weight is 832 g/mol. The third-order valence-electron chi connectivity index (χ3n) is 12.3. The van der Waals surface area contributed by atoms with E-state index in [-0.39, 0.29) is 53.8 Å². The van der Waals surface area contributed by atoms with Gasteiger partial charge in [-0.2, -0.15) is 9.49 Å². The number of nitrogens with zero attached hydrogens (tertiary/aromatic N) is 8. The highest BCUT2D eigenvalue weighted by Crippen LogP contribution is 2.39. The number of anilines is 2. The Morgan fingerprint density at radius 3 is 2.34 bits per heavy atom. The van der Waals surface area contributed by atoms with Crippen molar-refractivity contribution in [3.05, 3.63) is 78.6 Å². The number of nitrogens with one attached hydrogen (secondary N) is 2. The van der Waals surface area contributed by atoms with Crippen LogP contribution in [-0.4, -0.2) is 117 Å². The third-order valence-corrected chi connectivity index (χ3v) is 12.3. The summed E-state index contributed by atoms with van der Waals surface area (Å²) in [4.78, 5) is 69.7. The molecule has 61 heavy (non-hydrogen) atoms. The van der Waals surface area contributed by atoms with Gasteiger partial charge in [-0.15, -0.1) is 0 Å². The number of piperazine rings is 1. The lowest BCUT2D eigenvalue weighted by molar-refractivity contribution is -0.139. The van der Waals surface area contributed by atoms with E-state index in [9.17, 15) is 23.6 Å². The number of ether oxygens (including phenoxy) is 2. The van der Waals surface area contributed by atoms with E-state index < -0.39 is 23.7 Å². The fourth-order valence-corrected chi connectivity index (χ4v) is 8.79. The van der Waals surface area contributed by atoms with Crippen molar-refractivity contribution >= 4 is 46.2 Å². The highest BCUT2D eigenvalue weighted by atomic mass is 19.1. The largest absolute Gasteiger partial charge is 0.494 e. The molecule has 4 fully saturated rings. The van der Waals surface area contributed by atoms with Crippen molar-refractivity contribution in [2.24, 2.45) is 5.92 Å². The van der Waals surface area contributed by atoms with Crippen LogP contribution in [-0.2, 0) is 14.4 Å². The van der Waals surface area contributed by atoms with Crippen molar-refractivity contribution in [3.63, 3.8) is 0 Å². The van der Waals surface area contributed by atoms with Crippen molar-refractivity contribution in [3.8, 4) is 28.5 Å². The van der Waals surface area contributed by atoms with Crippen LogP contribution in [0.15, 0.2) is 67.1 Å². The molecule has 17 nitrogen and oxygen atoms in total. The molecule has 0 radical (unpaired) electrons. The molecule has 1 aliphatic carbocycles. The second-order valence-electron chi connectivity index (χ2n) is 16.0. The molecule has 3 aromatic heterocycles. The number of halogens is 1. The zero-order valence-electron chi connectivity index (χ0n) is 33.6. The summed E-state index contributed by atoms with van der Waals surface area (Å²) in [6.45, 7) is 4.65. The molecule has 3 saturated heterocycles. The van der Waals surface area contributed by atoms with E-state index >= 15 is 0 Å². The lowest BCUT2D eigenvalue weighted by Gasteiger charge is -2.49. The van der Waals surface area contributed by atoms with Crippen LogP contribution in [0, 0.1) is 11.7 Å². The minimum absolute atomic E-state index is 0.0352. The van der Waals surface area contributed by atoms with Gasteiger partial charge in [0, 0.05) is 63.2 Å². The number of imide groups is 1. The monoisotopic (exact) mass is 831 g/mol. The number of pyridine rings is 1. The number of fused-ring (bicyclic) bond motifs is 1. The molecule has 9 rings (SSSR count). The summed E-state index contributed by atoms with van der Waals surface area (Å²) in [5.41, 5.74) is 9.59. The van der Waals surface area contributed by atoms with E-state index in [1.165, 1.54) is 25.6 Å². The minimum Gasteiger partial charge on any atom is -0.494 e. The first kappa shape index (κ1) is 39.8. The van der Waals surface area contributed by atoms with Crippen LogP contribution in [0.25, 0.3) is 22.3 Å². The van der Waals surface area contributed by atoms with Gasteiger partial charge >= 0.3 is 0 Å². The van der Waals surface area contributed by atoms with Gasteiger partial charge in [0.1, 0.15) is 35.3 Å². The van der Waals surface area contributed by atoms with Gasteiger partial charge in [-0.3, -0.25) is 29.4 Å². The van der Waals surface area contributed by atoms with Gasteiger partial charge < -0.3 is 30.3 Å². The van der Waals surface area contributed by atoms with E-state index in [1.54, 1.807) is 30.5 Å².